The summed E-state index contributed by atoms with van der Waals surface area (Å²) in [7, 11) is -3.69. The van der Waals surface area contributed by atoms with Gasteiger partial charge in [0.25, 0.3) is 0 Å². The number of pyridine rings is 1. The van der Waals surface area contributed by atoms with Crippen LogP contribution in [0.3, 0.4) is 0 Å². The van der Waals surface area contributed by atoms with Crippen LogP contribution in [0.2, 0.25) is 5.02 Å². The Morgan fingerprint density at radius 2 is 1.83 bits per heavy atom. The second-order valence-corrected chi connectivity index (χ2v) is 11.6. The summed E-state index contributed by atoms with van der Waals surface area (Å²) < 4.78 is 34.2. The van der Waals surface area contributed by atoms with Crippen LogP contribution in [-0.4, -0.2) is 48.5 Å². The van der Waals surface area contributed by atoms with Crippen LogP contribution in [-0.2, 0) is 15.6 Å². The smallest absolute Gasteiger partial charge is 0.183 e. The van der Waals surface area contributed by atoms with Crippen molar-refractivity contribution in [2.45, 2.75) is 64.0 Å². The molecule has 0 N–H and O–H groups in total. The van der Waals surface area contributed by atoms with Gasteiger partial charge in [0.1, 0.15) is 29.4 Å². The quantitative estimate of drug-likeness (QED) is 0.307. The maximum Gasteiger partial charge on any atom is 0.183 e. The summed E-state index contributed by atoms with van der Waals surface area (Å²) in [5, 5.41) is 12.4. The van der Waals surface area contributed by atoms with E-state index in [0.717, 1.165) is 17.0 Å². The Kier molecular flexibility index (Phi) is 7.51. The lowest BCUT2D eigenvalue weighted by molar-refractivity contribution is 0.412. The van der Waals surface area contributed by atoms with Gasteiger partial charge in [-0.05, 0) is 39.3 Å². The van der Waals surface area contributed by atoms with E-state index in [1.807, 2.05) is 43.5 Å². The largest absolute Gasteiger partial charge is 0.364 e. The fourth-order valence-corrected chi connectivity index (χ4v) is 5.80. The lowest BCUT2D eigenvalue weighted by Crippen LogP contribution is -2.28. The van der Waals surface area contributed by atoms with Crippen molar-refractivity contribution in [3.05, 3.63) is 70.5 Å². The highest BCUT2D eigenvalue weighted by Crippen LogP contribution is 2.32. The molecular weight excluding hydrogens is 502 g/mol. The highest BCUT2D eigenvalue weighted by atomic mass is 35.5. The van der Waals surface area contributed by atoms with Crippen molar-refractivity contribution in [1.29, 1.82) is 0 Å². The molecule has 10 nitrogen and oxygen atoms in total. The first kappa shape index (κ1) is 25.9. The lowest BCUT2D eigenvalue weighted by atomic mass is 10.1. The third-order valence-corrected chi connectivity index (χ3v) is 8.77. The molecule has 0 saturated carbocycles. The molecule has 0 fully saturated rings. The van der Waals surface area contributed by atoms with Crippen LogP contribution in [0.25, 0.3) is 11.5 Å². The van der Waals surface area contributed by atoms with Gasteiger partial charge in [-0.2, -0.15) is 0 Å². The molecule has 190 valence electrons. The Bertz CT molecular complexity index is 1450. The summed E-state index contributed by atoms with van der Waals surface area (Å²) in [6, 6.07) is 5.32. The maximum absolute atomic E-state index is 13.6. The molecule has 0 unspecified atom stereocenters. The van der Waals surface area contributed by atoms with E-state index in [1.165, 1.54) is 12.4 Å². The van der Waals surface area contributed by atoms with Crippen LogP contribution >= 0.6 is 11.6 Å². The minimum absolute atomic E-state index is 0.291. The van der Waals surface area contributed by atoms with Gasteiger partial charge >= 0.3 is 0 Å². The monoisotopic (exact) mass is 529 g/mol. The average Bonchev–Trinajstić information content (AvgIpc) is 3.45. The van der Waals surface area contributed by atoms with Crippen LogP contribution in [0, 0.1) is 13.8 Å². The standard InChI is InChI=1S/C24H28ClN7O3S/c1-6-21(19-12-35-31-16(19)4)32-22(29-30-24(32)20-9-7-8-14(2)28-20)13-36(33,34)17(5)15(3)23-26-10-18(25)11-27-23/h7-12,15,17,21H,6,13H2,1-5H3/t15-,17-,21-/m0/s1. The molecule has 0 amide bonds. The van der Waals surface area contributed by atoms with Crippen molar-refractivity contribution in [3.63, 3.8) is 0 Å². The molecule has 0 radical (unpaired) electrons. The topological polar surface area (TPSA) is 130 Å². The van der Waals surface area contributed by atoms with E-state index in [9.17, 15) is 8.42 Å². The molecule has 4 aromatic heterocycles. The van der Waals surface area contributed by atoms with E-state index in [0.29, 0.717) is 34.6 Å². The van der Waals surface area contributed by atoms with Gasteiger partial charge in [-0.1, -0.05) is 36.7 Å². The SMILES string of the molecule is CC[C@@H](c1conc1C)n1c(CS(=O)(=O)[C@@H](C)[C@H](C)c2ncc(Cl)cn2)nnc1-c1cccc(C)n1. The van der Waals surface area contributed by atoms with Gasteiger partial charge in [0, 0.05) is 29.6 Å². The minimum atomic E-state index is -3.69. The number of sulfone groups is 1. The van der Waals surface area contributed by atoms with Crippen molar-refractivity contribution in [2.24, 2.45) is 0 Å². The molecule has 0 aliphatic rings. The third kappa shape index (κ3) is 5.17. The third-order valence-electron chi connectivity index (χ3n) is 6.38. The Balaban J connectivity index is 1.76. The number of hydrogen-bond acceptors (Lipinski definition) is 9. The molecule has 12 heteroatoms. The average molecular weight is 530 g/mol. The van der Waals surface area contributed by atoms with Crippen molar-refractivity contribution in [3.8, 4) is 11.5 Å². The first-order valence-corrected chi connectivity index (χ1v) is 13.7. The molecule has 0 spiro atoms. The number of hydrogen-bond donors (Lipinski definition) is 0. The molecule has 4 aromatic rings. The fourth-order valence-electron chi connectivity index (χ4n) is 4.14. The van der Waals surface area contributed by atoms with Crippen LogP contribution < -0.4 is 0 Å². The van der Waals surface area contributed by atoms with Crippen molar-refractivity contribution in [2.75, 3.05) is 0 Å². The summed E-state index contributed by atoms with van der Waals surface area (Å²) in [5.41, 5.74) is 2.97. The molecule has 0 aliphatic carbocycles. The number of aromatic nitrogens is 7. The molecule has 0 saturated heterocycles. The number of aryl methyl sites for hydroxylation is 2. The predicted octanol–water partition coefficient (Wildman–Crippen LogP) is 4.49. The van der Waals surface area contributed by atoms with Crippen molar-refractivity contribution >= 4 is 21.4 Å². The Labute approximate surface area is 215 Å². The van der Waals surface area contributed by atoms with Gasteiger partial charge in [0.15, 0.2) is 15.7 Å². The second kappa shape index (κ2) is 10.4. The van der Waals surface area contributed by atoms with Crippen molar-refractivity contribution in [1.82, 2.24) is 34.9 Å². The van der Waals surface area contributed by atoms with Gasteiger partial charge in [0.05, 0.1) is 22.0 Å². The Hall–Kier alpha value is -3.18. The highest BCUT2D eigenvalue weighted by Gasteiger charge is 2.33. The van der Waals surface area contributed by atoms with E-state index in [2.05, 4.69) is 30.3 Å². The maximum atomic E-state index is 13.6. The van der Waals surface area contributed by atoms with E-state index < -0.39 is 21.0 Å². The summed E-state index contributed by atoms with van der Waals surface area (Å²) in [4.78, 5) is 13.0. The summed E-state index contributed by atoms with van der Waals surface area (Å²) in [6.45, 7) is 9.18. The Morgan fingerprint density at radius 3 is 2.44 bits per heavy atom. The summed E-state index contributed by atoms with van der Waals surface area (Å²) in [5.74, 6) is 0.443. The molecule has 4 rings (SSSR count). The first-order chi connectivity index (χ1) is 17.1. The molecule has 0 bridgehead atoms. The van der Waals surface area contributed by atoms with Crippen LogP contribution in [0.1, 0.15) is 67.8 Å². The lowest BCUT2D eigenvalue weighted by Gasteiger charge is -2.22. The van der Waals surface area contributed by atoms with E-state index in [4.69, 9.17) is 16.1 Å². The normalized spacial score (nSPS) is 14.5. The molecule has 0 aliphatic heterocycles. The zero-order chi connectivity index (χ0) is 26.0. The second-order valence-electron chi connectivity index (χ2n) is 8.81. The van der Waals surface area contributed by atoms with E-state index in [1.54, 1.807) is 20.1 Å². The van der Waals surface area contributed by atoms with Gasteiger partial charge < -0.3 is 9.09 Å². The number of rotatable bonds is 9. The van der Waals surface area contributed by atoms with Crippen molar-refractivity contribution < 1.29 is 12.9 Å². The van der Waals surface area contributed by atoms with Crippen LogP contribution in [0.5, 0.6) is 0 Å². The minimum Gasteiger partial charge on any atom is -0.364 e. The molecule has 0 aromatic carbocycles. The zero-order valence-corrected chi connectivity index (χ0v) is 22.3. The fraction of sp³-hybridized carbons (Fsp3) is 0.417. The molecular formula is C24H28ClN7O3S. The Morgan fingerprint density at radius 1 is 1.11 bits per heavy atom. The molecule has 4 heterocycles. The molecule has 36 heavy (non-hydrogen) atoms. The summed E-state index contributed by atoms with van der Waals surface area (Å²) >= 11 is 5.89. The van der Waals surface area contributed by atoms with Gasteiger partial charge in [-0.3, -0.25) is 0 Å². The van der Waals surface area contributed by atoms with E-state index in [-0.39, 0.29) is 11.8 Å². The van der Waals surface area contributed by atoms with Gasteiger partial charge in [0.2, 0.25) is 0 Å². The van der Waals surface area contributed by atoms with E-state index >= 15 is 0 Å². The predicted molar refractivity (Wildman–Crippen MR) is 135 cm³/mol. The van der Waals surface area contributed by atoms with Crippen LogP contribution in [0.15, 0.2) is 41.4 Å². The van der Waals surface area contributed by atoms with Gasteiger partial charge in [-0.15, -0.1) is 10.2 Å². The number of halogens is 1. The molecule has 3 atom stereocenters. The summed E-state index contributed by atoms with van der Waals surface area (Å²) in [6.07, 6.45) is 5.14. The first-order valence-electron chi connectivity index (χ1n) is 11.6. The highest BCUT2D eigenvalue weighted by molar-refractivity contribution is 7.91. The van der Waals surface area contributed by atoms with Crippen LogP contribution in [0.4, 0.5) is 0 Å². The zero-order valence-electron chi connectivity index (χ0n) is 20.8. The van der Waals surface area contributed by atoms with Gasteiger partial charge in [-0.25, -0.2) is 23.4 Å². The number of nitrogens with zero attached hydrogens (tertiary/aromatic N) is 7.